The molecule has 4 bridgehead atoms. The fraction of sp³-hybridized carbons (Fsp3) is 0.833. The number of aromatic nitrogens is 3. The molecule has 1 aromatic heterocycles. The van der Waals surface area contributed by atoms with Gasteiger partial charge in [0.2, 0.25) is 0 Å². The number of hydrogen-bond donors (Lipinski definition) is 0. The molecule has 4 aliphatic carbocycles. The molecule has 4 fully saturated rings. The second-order valence-corrected chi connectivity index (χ2v) is 6.67. The van der Waals surface area contributed by atoms with Crippen LogP contribution < -0.4 is 11.4 Å². The maximum absolute atomic E-state index is 12.2. The first kappa shape index (κ1) is 7.95. The van der Waals surface area contributed by atoms with Gasteiger partial charge in [-0.25, -0.2) is 23.5 Å². The van der Waals surface area contributed by atoms with Crippen LogP contribution in [0, 0.1) is 35.5 Å². The van der Waals surface area contributed by atoms with Crippen molar-refractivity contribution in [2.75, 3.05) is 0 Å². The quantitative estimate of drug-likeness (QED) is 0.609. The van der Waals surface area contributed by atoms with E-state index in [1.54, 1.807) is 7.05 Å². The molecule has 6 aliphatic rings. The van der Waals surface area contributed by atoms with Crippen LogP contribution in [0.4, 0.5) is 0 Å². The van der Waals surface area contributed by atoms with Crippen molar-refractivity contribution >= 4 is 0 Å². The van der Waals surface area contributed by atoms with E-state index in [0.29, 0.717) is 18.0 Å². The molecule has 17 heavy (non-hydrogen) atoms. The molecule has 5 heteroatoms. The van der Waals surface area contributed by atoms with Crippen molar-refractivity contribution in [2.24, 2.45) is 42.6 Å². The van der Waals surface area contributed by atoms with E-state index >= 15 is 0 Å². The van der Waals surface area contributed by atoms with Crippen molar-refractivity contribution in [3.8, 4) is 0 Å². The second kappa shape index (κ2) is 1.85. The molecular weight excluding hydrogens is 218 g/mol. The Morgan fingerprint density at radius 1 is 0.882 bits per heavy atom. The zero-order chi connectivity index (χ0) is 11.2. The predicted molar refractivity (Wildman–Crippen MR) is 57.6 cm³/mol. The maximum Gasteiger partial charge on any atom is 0.347 e. The first-order valence-corrected chi connectivity index (χ1v) is 6.62. The maximum atomic E-state index is 12.2. The van der Waals surface area contributed by atoms with E-state index in [-0.39, 0.29) is 11.4 Å². The topological polar surface area (TPSA) is 48.9 Å². The van der Waals surface area contributed by atoms with Crippen molar-refractivity contribution in [3.05, 3.63) is 21.0 Å². The van der Waals surface area contributed by atoms with Gasteiger partial charge in [0.15, 0.2) is 0 Å². The molecule has 0 aromatic carbocycles. The lowest BCUT2D eigenvalue weighted by atomic mass is 9.37. The zero-order valence-electron chi connectivity index (χ0n) is 9.48. The minimum absolute atomic E-state index is 0.0853. The van der Waals surface area contributed by atoms with Gasteiger partial charge in [-0.1, -0.05) is 0 Å². The Morgan fingerprint density at radius 3 is 2.24 bits per heavy atom. The highest BCUT2D eigenvalue weighted by Gasteiger charge is 2.83. The van der Waals surface area contributed by atoms with Crippen LogP contribution in [0.2, 0.25) is 0 Å². The molecule has 0 amide bonds. The number of hydrogen-bond acceptors (Lipinski definition) is 2. The molecule has 5 nitrogen and oxygen atoms in total. The first-order chi connectivity index (χ1) is 8.22. The second-order valence-electron chi connectivity index (χ2n) is 6.67. The minimum Gasteiger partial charge on any atom is -0.246 e. The Kier molecular flexibility index (Phi) is 0.867. The lowest BCUT2D eigenvalue weighted by Crippen LogP contribution is -2.73. The Hall–Kier alpha value is -1.26. The number of rotatable bonds is 0. The fourth-order valence-electron chi connectivity index (χ4n) is 6.52. The first-order valence-electron chi connectivity index (χ1n) is 6.62. The predicted octanol–water partition coefficient (Wildman–Crippen LogP) is -0.414. The molecule has 88 valence electrons. The Labute approximate surface area is 96.6 Å². The number of nitrogens with zero attached hydrogens (tertiary/aromatic N) is 3. The lowest BCUT2D eigenvalue weighted by Gasteiger charge is -2.73. The molecule has 3 heterocycles. The molecule has 8 atom stereocenters. The van der Waals surface area contributed by atoms with Crippen molar-refractivity contribution in [2.45, 2.75) is 18.5 Å². The van der Waals surface area contributed by atoms with E-state index in [9.17, 15) is 9.59 Å². The van der Waals surface area contributed by atoms with Crippen molar-refractivity contribution in [1.29, 1.82) is 0 Å². The standard InChI is InChI=1S/C12H13N3O2/c1-13-11(16)14-9-4-2-3-5-7(4)10(8(5)6(3)9)15(14)12(13)17/h3-10H,2H2,1H3/t3-,4+,5+,6-,7-,8-,9+,10-/m0/s1. The highest BCUT2D eigenvalue weighted by Crippen LogP contribution is 2.85. The van der Waals surface area contributed by atoms with Crippen LogP contribution in [0.25, 0.3) is 0 Å². The summed E-state index contributed by atoms with van der Waals surface area (Å²) < 4.78 is 4.93. The Balaban J connectivity index is 1.80. The zero-order valence-corrected chi connectivity index (χ0v) is 9.48. The Bertz CT molecular complexity index is 706. The summed E-state index contributed by atoms with van der Waals surface area (Å²) in [5.74, 6) is 4.74. The molecule has 7 rings (SSSR count). The van der Waals surface area contributed by atoms with Crippen LogP contribution in [-0.4, -0.2) is 13.9 Å². The van der Waals surface area contributed by atoms with E-state index in [0.717, 1.165) is 29.6 Å². The van der Waals surface area contributed by atoms with Gasteiger partial charge in [0.1, 0.15) is 0 Å². The average Bonchev–Trinajstić information content (AvgIpc) is 2.80. The van der Waals surface area contributed by atoms with E-state index in [4.69, 9.17) is 0 Å². The van der Waals surface area contributed by atoms with Crippen LogP contribution >= 0.6 is 0 Å². The highest BCUT2D eigenvalue weighted by atomic mass is 16.2. The van der Waals surface area contributed by atoms with E-state index in [2.05, 4.69) is 0 Å². The molecule has 0 spiro atoms. The SMILES string of the molecule is Cn1c(=O)n2n(c1=O)[C@@H]1[C@@H]3C[C@H]4[C@H]5[C@@H]([C@H]41)[C@@H]2[C@@H]35. The highest BCUT2D eigenvalue weighted by molar-refractivity contribution is 5.30. The van der Waals surface area contributed by atoms with Gasteiger partial charge in [0, 0.05) is 7.05 Å². The van der Waals surface area contributed by atoms with Crippen molar-refractivity contribution < 1.29 is 0 Å². The summed E-state index contributed by atoms with van der Waals surface area (Å²) in [5, 5.41) is 0. The summed E-state index contributed by atoms with van der Waals surface area (Å²) in [6.45, 7) is 0. The van der Waals surface area contributed by atoms with Gasteiger partial charge in [-0.2, -0.15) is 0 Å². The molecule has 1 aromatic rings. The minimum atomic E-state index is -0.0873. The summed E-state index contributed by atoms with van der Waals surface area (Å²) in [5.41, 5.74) is -0.173. The molecule has 0 unspecified atom stereocenters. The van der Waals surface area contributed by atoms with Gasteiger partial charge in [0.25, 0.3) is 0 Å². The summed E-state index contributed by atoms with van der Waals surface area (Å²) in [4.78, 5) is 24.3. The van der Waals surface area contributed by atoms with Crippen LogP contribution in [0.3, 0.4) is 0 Å². The summed E-state index contributed by atoms with van der Waals surface area (Å²) in [6.07, 6.45) is 1.33. The van der Waals surface area contributed by atoms with Gasteiger partial charge in [-0.3, -0.25) is 0 Å². The monoisotopic (exact) mass is 231 g/mol. The van der Waals surface area contributed by atoms with Crippen LogP contribution in [0.5, 0.6) is 0 Å². The summed E-state index contributed by atoms with van der Waals surface area (Å²) >= 11 is 0. The van der Waals surface area contributed by atoms with Gasteiger partial charge in [0.05, 0.1) is 12.1 Å². The molecule has 4 saturated carbocycles. The third-order valence-corrected chi connectivity index (χ3v) is 6.75. The van der Waals surface area contributed by atoms with Gasteiger partial charge >= 0.3 is 11.4 Å². The third kappa shape index (κ3) is 0.478. The Morgan fingerprint density at radius 2 is 1.53 bits per heavy atom. The molecule has 0 saturated heterocycles. The summed E-state index contributed by atoms with van der Waals surface area (Å²) in [6, 6.07) is 0.742. The van der Waals surface area contributed by atoms with Crippen LogP contribution in [-0.2, 0) is 7.05 Å². The third-order valence-electron chi connectivity index (χ3n) is 6.75. The van der Waals surface area contributed by atoms with Crippen molar-refractivity contribution in [3.63, 3.8) is 0 Å². The van der Waals surface area contributed by atoms with Gasteiger partial charge in [-0.05, 0) is 41.9 Å². The van der Waals surface area contributed by atoms with Crippen LogP contribution in [0.15, 0.2) is 9.59 Å². The van der Waals surface area contributed by atoms with Gasteiger partial charge in [-0.15, -0.1) is 0 Å². The van der Waals surface area contributed by atoms with Gasteiger partial charge < -0.3 is 0 Å². The molecule has 0 N–H and O–H groups in total. The van der Waals surface area contributed by atoms with E-state index in [1.807, 2.05) is 9.36 Å². The molecule has 2 aliphatic heterocycles. The average molecular weight is 231 g/mol. The molecule has 0 radical (unpaired) electrons. The smallest absolute Gasteiger partial charge is 0.246 e. The van der Waals surface area contributed by atoms with E-state index < -0.39 is 0 Å². The lowest BCUT2D eigenvalue weighted by molar-refractivity contribution is -0.264. The summed E-state index contributed by atoms with van der Waals surface area (Å²) in [7, 11) is 1.61. The van der Waals surface area contributed by atoms with E-state index in [1.165, 1.54) is 11.0 Å². The normalized spacial score (nSPS) is 57.9. The van der Waals surface area contributed by atoms with Crippen LogP contribution in [0.1, 0.15) is 18.5 Å². The largest absolute Gasteiger partial charge is 0.347 e. The molecular formula is C12H13N3O2. The van der Waals surface area contributed by atoms with Crippen molar-refractivity contribution in [1.82, 2.24) is 13.9 Å². The fourth-order valence-corrected chi connectivity index (χ4v) is 6.52.